The summed E-state index contributed by atoms with van der Waals surface area (Å²) in [6.45, 7) is 0.342. The highest BCUT2D eigenvalue weighted by molar-refractivity contribution is 9.10. The predicted molar refractivity (Wildman–Crippen MR) is 75.1 cm³/mol. The molecule has 106 valence electrons. The van der Waals surface area contributed by atoms with Crippen LogP contribution < -0.4 is 11.1 Å². The van der Waals surface area contributed by atoms with Crippen LogP contribution in [0.15, 0.2) is 40.9 Å². The van der Waals surface area contributed by atoms with Crippen molar-refractivity contribution in [3.63, 3.8) is 0 Å². The van der Waals surface area contributed by atoms with Gasteiger partial charge >= 0.3 is 6.18 Å². The fourth-order valence-electron chi connectivity index (χ4n) is 1.63. The smallest absolute Gasteiger partial charge is 0.384 e. The summed E-state index contributed by atoms with van der Waals surface area (Å²) in [6.07, 6.45) is -4.44. The topological polar surface area (TPSA) is 50.9 Å². The molecule has 0 bridgehead atoms. The lowest BCUT2D eigenvalue weighted by molar-refractivity contribution is -0.137. The number of anilines is 2. The minimum atomic E-state index is -4.44. The molecule has 1 heterocycles. The first-order chi connectivity index (χ1) is 9.36. The molecule has 0 saturated carbocycles. The second kappa shape index (κ2) is 5.70. The number of nitrogen functional groups attached to an aromatic ring is 1. The maximum Gasteiger partial charge on any atom is 0.416 e. The van der Waals surface area contributed by atoms with Gasteiger partial charge in [-0.05, 0) is 23.8 Å². The lowest BCUT2D eigenvalue weighted by Crippen LogP contribution is -2.10. The van der Waals surface area contributed by atoms with Crippen LogP contribution in [0.1, 0.15) is 11.1 Å². The van der Waals surface area contributed by atoms with Crippen molar-refractivity contribution in [3.05, 3.63) is 52.0 Å². The summed E-state index contributed by atoms with van der Waals surface area (Å²) >= 11 is 3.37. The quantitative estimate of drug-likeness (QED) is 0.881. The summed E-state index contributed by atoms with van der Waals surface area (Å²) in [7, 11) is 0. The SMILES string of the molecule is Nc1cc(C(F)(F)F)cc(NCc2ccccc2Br)n1. The Morgan fingerprint density at radius 3 is 2.55 bits per heavy atom. The number of pyridine rings is 1. The van der Waals surface area contributed by atoms with E-state index in [0.29, 0.717) is 6.54 Å². The maximum atomic E-state index is 12.7. The summed E-state index contributed by atoms with van der Waals surface area (Å²) in [4.78, 5) is 3.84. The molecule has 2 aromatic rings. The average Bonchev–Trinajstić information content (AvgIpc) is 2.36. The lowest BCUT2D eigenvalue weighted by atomic mass is 10.2. The molecule has 0 fully saturated rings. The van der Waals surface area contributed by atoms with E-state index in [2.05, 4.69) is 26.2 Å². The Kier molecular flexibility index (Phi) is 4.17. The van der Waals surface area contributed by atoms with Crippen molar-refractivity contribution < 1.29 is 13.2 Å². The van der Waals surface area contributed by atoms with Crippen LogP contribution >= 0.6 is 15.9 Å². The zero-order valence-corrected chi connectivity index (χ0v) is 11.8. The Balaban J connectivity index is 2.18. The Morgan fingerprint density at radius 2 is 1.90 bits per heavy atom. The van der Waals surface area contributed by atoms with Gasteiger partial charge in [-0.3, -0.25) is 0 Å². The van der Waals surface area contributed by atoms with E-state index < -0.39 is 11.7 Å². The van der Waals surface area contributed by atoms with Gasteiger partial charge in [-0.1, -0.05) is 34.1 Å². The van der Waals surface area contributed by atoms with Crippen molar-refractivity contribution in [1.29, 1.82) is 0 Å². The summed E-state index contributed by atoms with van der Waals surface area (Å²) in [5, 5.41) is 2.83. The van der Waals surface area contributed by atoms with Gasteiger partial charge in [-0.25, -0.2) is 4.98 Å². The van der Waals surface area contributed by atoms with E-state index in [1.54, 1.807) is 0 Å². The molecule has 1 aromatic carbocycles. The van der Waals surface area contributed by atoms with E-state index in [1.807, 2.05) is 24.3 Å². The van der Waals surface area contributed by atoms with Gasteiger partial charge in [0.05, 0.1) is 5.56 Å². The molecular weight excluding hydrogens is 335 g/mol. The second-order valence-electron chi connectivity index (χ2n) is 4.11. The number of hydrogen-bond acceptors (Lipinski definition) is 3. The largest absolute Gasteiger partial charge is 0.416 e. The molecule has 0 spiro atoms. The summed E-state index contributed by atoms with van der Waals surface area (Å²) < 4.78 is 38.8. The standard InChI is InChI=1S/C13H11BrF3N3/c14-10-4-2-1-3-8(10)7-19-12-6-9(13(15,16)17)5-11(18)20-12/h1-6H,7H2,(H3,18,19,20). The van der Waals surface area contributed by atoms with Gasteiger partial charge in [-0.15, -0.1) is 0 Å². The van der Waals surface area contributed by atoms with Crippen LogP contribution in [0.3, 0.4) is 0 Å². The number of hydrogen-bond donors (Lipinski definition) is 2. The molecule has 0 aliphatic heterocycles. The lowest BCUT2D eigenvalue weighted by Gasteiger charge is -2.11. The second-order valence-corrected chi connectivity index (χ2v) is 4.96. The third kappa shape index (κ3) is 3.63. The van der Waals surface area contributed by atoms with Gasteiger partial charge in [0.1, 0.15) is 11.6 Å². The van der Waals surface area contributed by atoms with Crippen LogP contribution in [0.5, 0.6) is 0 Å². The monoisotopic (exact) mass is 345 g/mol. The number of aromatic nitrogens is 1. The van der Waals surface area contributed by atoms with Crippen LogP contribution in [0.2, 0.25) is 0 Å². The fraction of sp³-hybridized carbons (Fsp3) is 0.154. The van der Waals surface area contributed by atoms with Crippen LogP contribution in [-0.2, 0) is 12.7 Å². The molecule has 0 unspecified atom stereocenters. The first kappa shape index (κ1) is 14.6. The molecular formula is C13H11BrF3N3. The molecule has 0 saturated heterocycles. The Hall–Kier alpha value is -1.76. The number of nitrogens with one attached hydrogen (secondary N) is 1. The molecule has 0 radical (unpaired) electrons. The summed E-state index contributed by atoms with van der Waals surface area (Å²) in [5.74, 6) is -0.0810. The highest BCUT2D eigenvalue weighted by atomic mass is 79.9. The number of alkyl halides is 3. The molecule has 3 nitrogen and oxygen atoms in total. The van der Waals surface area contributed by atoms with Crippen LogP contribution in [-0.4, -0.2) is 4.98 Å². The van der Waals surface area contributed by atoms with Gasteiger partial charge in [-0.2, -0.15) is 13.2 Å². The van der Waals surface area contributed by atoms with Crippen molar-refractivity contribution in [3.8, 4) is 0 Å². The van der Waals surface area contributed by atoms with Crippen molar-refractivity contribution in [2.45, 2.75) is 12.7 Å². The van der Waals surface area contributed by atoms with E-state index in [0.717, 1.165) is 22.2 Å². The molecule has 2 rings (SSSR count). The molecule has 7 heteroatoms. The number of halogens is 4. The molecule has 0 amide bonds. The highest BCUT2D eigenvalue weighted by Crippen LogP contribution is 2.31. The first-order valence-electron chi connectivity index (χ1n) is 5.68. The van der Waals surface area contributed by atoms with E-state index in [-0.39, 0.29) is 11.6 Å². The van der Waals surface area contributed by atoms with Crippen LogP contribution in [0, 0.1) is 0 Å². The third-order valence-electron chi connectivity index (χ3n) is 2.59. The number of nitrogens with zero attached hydrogens (tertiary/aromatic N) is 1. The van der Waals surface area contributed by atoms with E-state index in [1.165, 1.54) is 0 Å². The fourth-order valence-corrected chi connectivity index (χ4v) is 2.06. The van der Waals surface area contributed by atoms with Gasteiger partial charge in [0.2, 0.25) is 0 Å². The maximum absolute atomic E-state index is 12.7. The third-order valence-corrected chi connectivity index (χ3v) is 3.36. The molecule has 20 heavy (non-hydrogen) atoms. The van der Waals surface area contributed by atoms with Crippen molar-refractivity contribution in [2.75, 3.05) is 11.1 Å². The minimum Gasteiger partial charge on any atom is -0.384 e. The minimum absolute atomic E-state index is 0.0908. The number of rotatable bonds is 3. The van der Waals surface area contributed by atoms with Crippen molar-refractivity contribution >= 4 is 27.6 Å². The number of nitrogens with two attached hydrogens (primary N) is 1. The summed E-state index contributed by atoms with van der Waals surface area (Å²) in [5.41, 5.74) is 5.48. The van der Waals surface area contributed by atoms with Crippen LogP contribution in [0.25, 0.3) is 0 Å². The molecule has 0 aliphatic carbocycles. The average molecular weight is 346 g/mol. The zero-order valence-electron chi connectivity index (χ0n) is 10.2. The normalized spacial score (nSPS) is 11.4. The van der Waals surface area contributed by atoms with Crippen LogP contribution in [0.4, 0.5) is 24.8 Å². The van der Waals surface area contributed by atoms with Crippen molar-refractivity contribution in [1.82, 2.24) is 4.98 Å². The van der Waals surface area contributed by atoms with Gasteiger partial charge in [0.15, 0.2) is 0 Å². The Morgan fingerprint density at radius 1 is 1.20 bits per heavy atom. The van der Waals surface area contributed by atoms with E-state index >= 15 is 0 Å². The Labute approximate surface area is 122 Å². The van der Waals surface area contributed by atoms with E-state index in [4.69, 9.17) is 5.73 Å². The Bertz CT molecular complexity index is 614. The van der Waals surface area contributed by atoms with Gasteiger partial charge in [0, 0.05) is 11.0 Å². The molecule has 0 aliphatic rings. The number of benzene rings is 1. The first-order valence-corrected chi connectivity index (χ1v) is 6.47. The van der Waals surface area contributed by atoms with Gasteiger partial charge < -0.3 is 11.1 Å². The highest BCUT2D eigenvalue weighted by Gasteiger charge is 2.31. The van der Waals surface area contributed by atoms with Crippen molar-refractivity contribution in [2.24, 2.45) is 0 Å². The van der Waals surface area contributed by atoms with E-state index in [9.17, 15) is 13.2 Å². The van der Waals surface area contributed by atoms with Gasteiger partial charge in [0.25, 0.3) is 0 Å². The molecule has 0 atom stereocenters. The zero-order chi connectivity index (χ0) is 14.8. The predicted octanol–water partition coefficient (Wildman–Crippen LogP) is 4.06. The molecule has 3 N–H and O–H groups in total. The molecule has 1 aromatic heterocycles. The summed E-state index contributed by atoms with van der Waals surface area (Å²) in [6, 6.07) is 9.15.